The molecule has 0 aliphatic carbocycles. The van der Waals surface area contributed by atoms with Crippen molar-refractivity contribution < 1.29 is 23.1 Å². The van der Waals surface area contributed by atoms with Crippen LogP contribution in [0.2, 0.25) is 5.02 Å². The number of carboxylic acid groups (broad SMARTS) is 1. The summed E-state index contributed by atoms with van der Waals surface area (Å²) in [5, 5.41) is 8.90. The SMILES string of the molecule is O=C(O)CC(CC(F)(F)F)c1cccc(Cl)c1. The average Bonchev–Trinajstić information content (AvgIpc) is 2.13. The van der Waals surface area contributed by atoms with E-state index in [4.69, 9.17) is 16.7 Å². The summed E-state index contributed by atoms with van der Waals surface area (Å²) in [7, 11) is 0. The molecule has 1 aromatic rings. The molecule has 0 amide bonds. The summed E-state index contributed by atoms with van der Waals surface area (Å²) in [5.41, 5.74) is 0.289. The normalized spacial score (nSPS) is 13.4. The summed E-state index contributed by atoms with van der Waals surface area (Å²) in [6.45, 7) is 0. The molecule has 1 rings (SSSR count). The molecule has 0 aliphatic heterocycles. The van der Waals surface area contributed by atoms with Crippen LogP contribution in [0.15, 0.2) is 24.3 Å². The number of hydrogen-bond donors (Lipinski definition) is 1. The summed E-state index contributed by atoms with van der Waals surface area (Å²) in [5.74, 6) is -2.37. The monoisotopic (exact) mass is 266 g/mol. The Balaban J connectivity index is 2.93. The van der Waals surface area contributed by atoms with Gasteiger partial charge in [0.05, 0.1) is 12.8 Å². The van der Waals surface area contributed by atoms with Crippen LogP contribution in [0, 0.1) is 0 Å². The Morgan fingerprint density at radius 3 is 2.53 bits per heavy atom. The second-order valence-electron chi connectivity index (χ2n) is 3.67. The number of hydrogen-bond acceptors (Lipinski definition) is 1. The van der Waals surface area contributed by atoms with Crippen LogP contribution in [0.4, 0.5) is 13.2 Å². The van der Waals surface area contributed by atoms with Crippen LogP contribution in [-0.4, -0.2) is 17.3 Å². The van der Waals surface area contributed by atoms with Crippen molar-refractivity contribution in [2.45, 2.75) is 24.9 Å². The summed E-state index contributed by atoms with van der Waals surface area (Å²) >= 11 is 5.67. The minimum atomic E-state index is -4.40. The van der Waals surface area contributed by atoms with E-state index in [1.165, 1.54) is 24.3 Å². The molecule has 1 N–H and O–H groups in total. The van der Waals surface area contributed by atoms with Crippen molar-refractivity contribution in [2.24, 2.45) is 0 Å². The number of carbonyl (C=O) groups is 1. The number of halogens is 4. The fourth-order valence-electron chi connectivity index (χ4n) is 1.56. The Kier molecular flexibility index (Phi) is 4.40. The first-order valence-electron chi connectivity index (χ1n) is 4.82. The van der Waals surface area contributed by atoms with Crippen LogP contribution in [0.3, 0.4) is 0 Å². The van der Waals surface area contributed by atoms with Gasteiger partial charge in [0.25, 0.3) is 0 Å². The molecule has 0 aliphatic rings. The summed E-state index contributed by atoms with van der Waals surface area (Å²) < 4.78 is 36.9. The van der Waals surface area contributed by atoms with Gasteiger partial charge in [-0.2, -0.15) is 13.2 Å². The van der Waals surface area contributed by atoms with E-state index in [0.29, 0.717) is 5.02 Å². The maximum Gasteiger partial charge on any atom is 0.389 e. The van der Waals surface area contributed by atoms with Gasteiger partial charge < -0.3 is 5.11 Å². The molecule has 0 aromatic heterocycles. The van der Waals surface area contributed by atoms with Crippen LogP contribution >= 0.6 is 11.6 Å². The summed E-state index contributed by atoms with van der Waals surface area (Å²) in [6.07, 6.45) is -6.14. The molecular weight excluding hydrogens is 257 g/mol. The lowest BCUT2D eigenvalue weighted by molar-refractivity contribution is -0.145. The van der Waals surface area contributed by atoms with Crippen molar-refractivity contribution in [2.75, 3.05) is 0 Å². The molecule has 0 bridgehead atoms. The number of rotatable bonds is 4. The topological polar surface area (TPSA) is 37.3 Å². The molecular formula is C11H10ClF3O2. The van der Waals surface area contributed by atoms with Crippen molar-refractivity contribution >= 4 is 17.6 Å². The van der Waals surface area contributed by atoms with Crippen molar-refractivity contribution in [1.29, 1.82) is 0 Å². The molecule has 1 aromatic carbocycles. The Labute approximate surface area is 101 Å². The molecule has 1 unspecified atom stereocenters. The van der Waals surface area contributed by atoms with E-state index in [-0.39, 0.29) is 5.56 Å². The minimum Gasteiger partial charge on any atom is -0.481 e. The second-order valence-corrected chi connectivity index (χ2v) is 4.11. The van der Waals surface area contributed by atoms with E-state index in [1.807, 2.05) is 0 Å². The highest BCUT2D eigenvalue weighted by atomic mass is 35.5. The van der Waals surface area contributed by atoms with Gasteiger partial charge in [-0.15, -0.1) is 0 Å². The van der Waals surface area contributed by atoms with E-state index in [1.54, 1.807) is 0 Å². The van der Waals surface area contributed by atoms with Crippen LogP contribution in [0.5, 0.6) is 0 Å². The highest BCUT2D eigenvalue weighted by Crippen LogP contribution is 2.34. The van der Waals surface area contributed by atoms with Crippen LogP contribution < -0.4 is 0 Å². The number of alkyl halides is 3. The minimum absolute atomic E-state index is 0.289. The van der Waals surface area contributed by atoms with Crippen molar-refractivity contribution in [3.63, 3.8) is 0 Å². The molecule has 0 heterocycles. The summed E-state index contributed by atoms with van der Waals surface area (Å²) in [6, 6.07) is 5.84. The number of benzene rings is 1. The maximum atomic E-state index is 12.3. The Hall–Kier alpha value is -1.23. The third-order valence-electron chi connectivity index (χ3n) is 2.22. The predicted molar refractivity (Wildman–Crippen MR) is 57.1 cm³/mol. The van der Waals surface area contributed by atoms with Gasteiger partial charge in [0.15, 0.2) is 0 Å². The molecule has 0 spiro atoms. The molecule has 94 valence electrons. The lowest BCUT2D eigenvalue weighted by Crippen LogP contribution is -2.16. The quantitative estimate of drug-likeness (QED) is 0.899. The predicted octanol–water partition coefficient (Wildman–Crippen LogP) is 3.85. The Bertz CT molecular complexity index is 404. The van der Waals surface area contributed by atoms with Gasteiger partial charge in [0.1, 0.15) is 0 Å². The first-order chi connectivity index (χ1) is 7.78. The standard InChI is InChI=1S/C11H10ClF3O2/c12-9-3-1-2-7(4-9)8(5-10(16)17)6-11(13,14)15/h1-4,8H,5-6H2,(H,16,17). The summed E-state index contributed by atoms with van der Waals surface area (Å²) in [4.78, 5) is 10.6. The first-order valence-corrected chi connectivity index (χ1v) is 5.20. The molecule has 2 nitrogen and oxygen atoms in total. The highest BCUT2D eigenvalue weighted by Gasteiger charge is 2.33. The van der Waals surface area contributed by atoms with E-state index in [0.717, 1.165) is 0 Å². The average molecular weight is 267 g/mol. The fourth-order valence-corrected chi connectivity index (χ4v) is 1.76. The zero-order valence-corrected chi connectivity index (χ0v) is 9.42. The second kappa shape index (κ2) is 5.40. The number of carboxylic acids is 1. The van der Waals surface area contributed by atoms with E-state index >= 15 is 0 Å². The van der Waals surface area contributed by atoms with E-state index in [2.05, 4.69) is 0 Å². The van der Waals surface area contributed by atoms with Gasteiger partial charge in [-0.1, -0.05) is 23.7 Å². The Morgan fingerprint density at radius 2 is 2.06 bits per heavy atom. The van der Waals surface area contributed by atoms with Crippen LogP contribution in [0.25, 0.3) is 0 Å². The van der Waals surface area contributed by atoms with Gasteiger partial charge in [-0.05, 0) is 17.7 Å². The van der Waals surface area contributed by atoms with E-state index < -0.39 is 30.9 Å². The van der Waals surface area contributed by atoms with Gasteiger partial charge in [0, 0.05) is 10.9 Å². The third kappa shape index (κ3) is 5.08. The zero-order chi connectivity index (χ0) is 13.1. The van der Waals surface area contributed by atoms with Crippen molar-refractivity contribution in [1.82, 2.24) is 0 Å². The maximum absolute atomic E-state index is 12.3. The number of aliphatic carboxylic acids is 1. The lowest BCUT2D eigenvalue weighted by atomic mass is 9.92. The highest BCUT2D eigenvalue weighted by molar-refractivity contribution is 6.30. The van der Waals surface area contributed by atoms with Crippen LogP contribution in [0.1, 0.15) is 24.3 Å². The largest absolute Gasteiger partial charge is 0.481 e. The van der Waals surface area contributed by atoms with Gasteiger partial charge in [0.2, 0.25) is 0 Å². The van der Waals surface area contributed by atoms with E-state index in [9.17, 15) is 18.0 Å². The van der Waals surface area contributed by atoms with Gasteiger partial charge >= 0.3 is 12.1 Å². The molecule has 0 saturated heterocycles. The molecule has 6 heteroatoms. The van der Waals surface area contributed by atoms with Crippen molar-refractivity contribution in [3.05, 3.63) is 34.9 Å². The van der Waals surface area contributed by atoms with Gasteiger partial charge in [-0.3, -0.25) is 4.79 Å². The van der Waals surface area contributed by atoms with Crippen LogP contribution in [-0.2, 0) is 4.79 Å². The molecule has 0 fully saturated rings. The molecule has 17 heavy (non-hydrogen) atoms. The smallest absolute Gasteiger partial charge is 0.389 e. The third-order valence-corrected chi connectivity index (χ3v) is 2.45. The first kappa shape index (κ1) is 13.8. The van der Waals surface area contributed by atoms with Crippen molar-refractivity contribution in [3.8, 4) is 0 Å². The molecule has 0 radical (unpaired) electrons. The zero-order valence-electron chi connectivity index (χ0n) is 8.67. The molecule has 0 saturated carbocycles. The fraction of sp³-hybridized carbons (Fsp3) is 0.364. The Morgan fingerprint density at radius 1 is 1.41 bits per heavy atom. The molecule has 1 atom stereocenters. The van der Waals surface area contributed by atoms with Gasteiger partial charge in [-0.25, -0.2) is 0 Å². The lowest BCUT2D eigenvalue weighted by Gasteiger charge is -2.17.